The lowest BCUT2D eigenvalue weighted by Crippen LogP contribution is -2.45. The van der Waals surface area contributed by atoms with Crippen LogP contribution in [0.1, 0.15) is 24.3 Å². The highest BCUT2D eigenvalue weighted by Gasteiger charge is 2.33. The Morgan fingerprint density at radius 2 is 2.44 bits per heavy atom. The third kappa shape index (κ3) is 2.61. The van der Waals surface area contributed by atoms with Crippen molar-refractivity contribution < 1.29 is 19.2 Å². The maximum absolute atomic E-state index is 11.8. The molecule has 7 heteroatoms. The molecule has 0 radical (unpaired) electrons. The Kier molecular flexibility index (Phi) is 3.50. The summed E-state index contributed by atoms with van der Waals surface area (Å²) < 4.78 is 4.87. The van der Waals surface area contributed by atoms with Crippen LogP contribution in [0.15, 0.2) is 10.6 Å². The number of rotatable bonds is 3. The van der Waals surface area contributed by atoms with Crippen LogP contribution in [-0.4, -0.2) is 39.8 Å². The van der Waals surface area contributed by atoms with E-state index >= 15 is 0 Å². The summed E-state index contributed by atoms with van der Waals surface area (Å²) in [7, 11) is 0. The summed E-state index contributed by atoms with van der Waals surface area (Å²) in [5.41, 5.74) is 0.618. The number of aryl methyl sites for hydroxylation is 1. The molecule has 2 rings (SSSR count). The van der Waals surface area contributed by atoms with Crippen LogP contribution in [0.2, 0.25) is 0 Å². The molecule has 0 spiro atoms. The van der Waals surface area contributed by atoms with Gasteiger partial charge >= 0.3 is 12.0 Å². The van der Waals surface area contributed by atoms with Crippen LogP contribution in [0.3, 0.4) is 0 Å². The SMILES string of the molecule is Cc1cc(CNC(=O)N2CCC[C@@H]2C(=O)O)no1. The van der Waals surface area contributed by atoms with Crippen LogP contribution in [-0.2, 0) is 11.3 Å². The Labute approximate surface area is 104 Å². The van der Waals surface area contributed by atoms with E-state index in [1.54, 1.807) is 13.0 Å². The number of hydrogen-bond donors (Lipinski definition) is 2. The molecule has 18 heavy (non-hydrogen) atoms. The summed E-state index contributed by atoms with van der Waals surface area (Å²) >= 11 is 0. The first-order valence-corrected chi connectivity index (χ1v) is 5.77. The molecule has 1 aliphatic heterocycles. The summed E-state index contributed by atoms with van der Waals surface area (Å²) in [4.78, 5) is 24.1. The van der Waals surface area contributed by atoms with Crippen molar-refractivity contribution in [2.24, 2.45) is 0 Å². The number of amides is 2. The van der Waals surface area contributed by atoms with Crippen molar-refractivity contribution in [3.05, 3.63) is 17.5 Å². The van der Waals surface area contributed by atoms with Gasteiger partial charge in [-0.15, -0.1) is 0 Å². The van der Waals surface area contributed by atoms with E-state index in [1.165, 1.54) is 4.90 Å². The number of nitrogens with zero attached hydrogens (tertiary/aromatic N) is 2. The van der Waals surface area contributed by atoms with Gasteiger partial charge in [0, 0.05) is 12.6 Å². The molecule has 0 bridgehead atoms. The zero-order valence-corrected chi connectivity index (χ0v) is 10.0. The molecule has 1 saturated heterocycles. The summed E-state index contributed by atoms with van der Waals surface area (Å²) in [5, 5.41) is 15.4. The smallest absolute Gasteiger partial charge is 0.326 e. The number of hydrogen-bond acceptors (Lipinski definition) is 4. The van der Waals surface area contributed by atoms with Crippen molar-refractivity contribution in [1.82, 2.24) is 15.4 Å². The van der Waals surface area contributed by atoms with Gasteiger partial charge in [-0.2, -0.15) is 0 Å². The van der Waals surface area contributed by atoms with Crippen LogP contribution in [0.4, 0.5) is 4.79 Å². The minimum absolute atomic E-state index is 0.235. The maximum atomic E-state index is 11.8. The van der Waals surface area contributed by atoms with E-state index in [9.17, 15) is 9.59 Å². The predicted octanol–water partition coefficient (Wildman–Crippen LogP) is 0.742. The van der Waals surface area contributed by atoms with Gasteiger partial charge in [0.2, 0.25) is 0 Å². The molecule has 0 aromatic carbocycles. The van der Waals surface area contributed by atoms with Crippen LogP contribution in [0.5, 0.6) is 0 Å². The number of carbonyl (C=O) groups excluding carboxylic acids is 1. The Morgan fingerprint density at radius 3 is 3.06 bits per heavy atom. The van der Waals surface area contributed by atoms with Crippen LogP contribution in [0.25, 0.3) is 0 Å². The van der Waals surface area contributed by atoms with E-state index in [4.69, 9.17) is 9.63 Å². The van der Waals surface area contributed by atoms with E-state index in [-0.39, 0.29) is 12.6 Å². The number of aliphatic carboxylic acids is 1. The van der Waals surface area contributed by atoms with E-state index in [0.717, 1.165) is 0 Å². The molecular formula is C11H15N3O4. The predicted molar refractivity (Wildman–Crippen MR) is 60.8 cm³/mol. The number of carboxylic acids is 1. The lowest BCUT2D eigenvalue weighted by Gasteiger charge is -2.21. The number of carboxylic acid groups (broad SMARTS) is 1. The zero-order valence-electron chi connectivity index (χ0n) is 10.0. The van der Waals surface area contributed by atoms with Gasteiger partial charge in [0.25, 0.3) is 0 Å². The minimum atomic E-state index is -0.958. The van der Waals surface area contributed by atoms with Crippen molar-refractivity contribution in [1.29, 1.82) is 0 Å². The van der Waals surface area contributed by atoms with E-state index in [1.807, 2.05) is 0 Å². The highest BCUT2D eigenvalue weighted by molar-refractivity contribution is 5.83. The summed E-state index contributed by atoms with van der Waals surface area (Å²) in [6.45, 7) is 2.47. The van der Waals surface area contributed by atoms with Crippen molar-refractivity contribution in [3.63, 3.8) is 0 Å². The molecular weight excluding hydrogens is 238 g/mol. The molecule has 98 valence electrons. The van der Waals surface area contributed by atoms with Gasteiger partial charge in [-0.25, -0.2) is 9.59 Å². The molecule has 0 saturated carbocycles. The fraction of sp³-hybridized carbons (Fsp3) is 0.545. The van der Waals surface area contributed by atoms with Gasteiger partial charge in [0.05, 0.1) is 6.54 Å². The fourth-order valence-electron chi connectivity index (χ4n) is 2.04. The molecule has 1 aromatic rings. The standard InChI is InChI=1S/C11H15N3O4/c1-7-5-8(13-18-7)6-12-11(17)14-4-2-3-9(14)10(15)16/h5,9H,2-4,6H2,1H3,(H,12,17)(H,15,16)/t9-/m1/s1. The van der Waals surface area contributed by atoms with Crippen molar-refractivity contribution in [2.45, 2.75) is 32.4 Å². The highest BCUT2D eigenvalue weighted by atomic mass is 16.5. The van der Waals surface area contributed by atoms with E-state index in [0.29, 0.717) is 30.8 Å². The fourth-order valence-corrected chi connectivity index (χ4v) is 2.04. The summed E-state index contributed by atoms with van der Waals surface area (Å²) in [5.74, 6) is -0.288. The van der Waals surface area contributed by atoms with Gasteiger partial charge in [-0.05, 0) is 19.8 Å². The van der Waals surface area contributed by atoms with E-state index < -0.39 is 12.0 Å². The number of nitrogens with one attached hydrogen (secondary N) is 1. The average molecular weight is 253 g/mol. The summed E-state index contributed by atoms with van der Waals surface area (Å²) in [6, 6.07) is 0.628. The molecule has 0 unspecified atom stereocenters. The normalized spacial score (nSPS) is 18.9. The van der Waals surface area contributed by atoms with Gasteiger partial charge < -0.3 is 19.8 Å². The zero-order chi connectivity index (χ0) is 13.1. The van der Waals surface area contributed by atoms with Gasteiger partial charge in [-0.3, -0.25) is 0 Å². The molecule has 1 aromatic heterocycles. The van der Waals surface area contributed by atoms with Crippen molar-refractivity contribution in [3.8, 4) is 0 Å². The van der Waals surface area contributed by atoms with Gasteiger partial charge in [-0.1, -0.05) is 5.16 Å². The Balaban J connectivity index is 1.89. The molecule has 1 atom stereocenters. The highest BCUT2D eigenvalue weighted by Crippen LogP contribution is 2.17. The third-order valence-corrected chi connectivity index (χ3v) is 2.90. The van der Waals surface area contributed by atoms with Crippen molar-refractivity contribution >= 4 is 12.0 Å². The number of carbonyl (C=O) groups is 2. The first-order valence-electron chi connectivity index (χ1n) is 5.77. The first-order chi connectivity index (χ1) is 8.58. The molecule has 7 nitrogen and oxygen atoms in total. The number of likely N-dealkylation sites (tertiary alicyclic amines) is 1. The second-order valence-corrected chi connectivity index (χ2v) is 4.28. The monoisotopic (exact) mass is 253 g/mol. The van der Waals surface area contributed by atoms with Gasteiger partial charge in [0.1, 0.15) is 17.5 Å². The molecule has 1 fully saturated rings. The Hall–Kier alpha value is -2.05. The second-order valence-electron chi connectivity index (χ2n) is 4.28. The number of urea groups is 1. The molecule has 2 heterocycles. The Morgan fingerprint density at radius 1 is 1.67 bits per heavy atom. The lowest BCUT2D eigenvalue weighted by molar-refractivity contribution is -0.141. The second kappa shape index (κ2) is 5.07. The minimum Gasteiger partial charge on any atom is -0.480 e. The topological polar surface area (TPSA) is 95.7 Å². The summed E-state index contributed by atoms with van der Waals surface area (Å²) in [6.07, 6.45) is 1.22. The van der Waals surface area contributed by atoms with Crippen molar-refractivity contribution in [2.75, 3.05) is 6.54 Å². The largest absolute Gasteiger partial charge is 0.480 e. The quantitative estimate of drug-likeness (QED) is 0.828. The molecule has 1 aliphatic rings. The number of aromatic nitrogens is 1. The van der Waals surface area contributed by atoms with Crippen LogP contribution < -0.4 is 5.32 Å². The Bertz CT molecular complexity index is 457. The third-order valence-electron chi connectivity index (χ3n) is 2.90. The van der Waals surface area contributed by atoms with E-state index in [2.05, 4.69) is 10.5 Å². The van der Waals surface area contributed by atoms with Gasteiger partial charge in [0.15, 0.2) is 0 Å². The lowest BCUT2D eigenvalue weighted by atomic mass is 10.2. The maximum Gasteiger partial charge on any atom is 0.326 e. The molecule has 2 N–H and O–H groups in total. The van der Waals surface area contributed by atoms with Crippen LogP contribution >= 0.6 is 0 Å². The molecule has 0 aliphatic carbocycles. The first kappa shape index (κ1) is 12.4. The average Bonchev–Trinajstić information content (AvgIpc) is 2.94. The van der Waals surface area contributed by atoms with Crippen LogP contribution in [0, 0.1) is 6.92 Å². The molecule has 2 amide bonds.